The average Bonchev–Trinajstić information content (AvgIpc) is 2.67. The van der Waals surface area contributed by atoms with Crippen molar-refractivity contribution in [3.8, 4) is 11.3 Å². The first-order chi connectivity index (χ1) is 12.2. The average molecular weight is 333 g/mol. The van der Waals surface area contributed by atoms with E-state index in [0.29, 0.717) is 6.04 Å². The molecule has 1 aliphatic heterocycles. The van der Waals surface area contributed by atoms with Crippen LogP contribution in [0, 0.1) is 6.92 Å². The number of aromatic nitrogens is 2. The number of hydrogen-bond donors (Lipinski definition) is 0. The van der Waals surface area contributed by atoms with Gasteiger partial charge in [0.2, 0.25) is 0 Å². The summed E-state index contributed by atoms with van der Waals surface area (Å²) >= 11 is 0. The third-order valence-electron chi connectivity index (χ3n) is 4.97. The third kappa shape index (κ3) is 3.28. The molecule has 4 heteroatoms. The summed E-state index contributed by atoms with van der Waals surface area (Å²) in [5, 5.41) is 1.10. The molecule has 0 N–H and O–H groups in total. The molecule has 0 radical (unpaired) electrons. The lowest BCUT2D eigenvalue weighted by Crippen LogP contribution is -2.37. The Morgan fingerprint density at radius 1 is 0.960 bits per heavy atom. The summed E-state index contributed by atoms with van der Waals surface area (Å²) in [7, 11) is 0. The van der Waals surface area contributed by atoms with Crippen LogP contribution in [0.25, 0.3) is 22.2 Å². The minimum absolute atomic E-state index is 0.404. The van der Waals surface area contributed by atoms with Crippen LogP contribution in [0.3, 0.4) is 0 Å². The van der Waals surface area contributed by atoms with Crippen LogP contribution in [0.15, 0.2) is 48.5 Å². The van der Waals surface area contributed by atoms with Crippen molar-refractivity contribution >= 4 is 10.9 Å². The standard InChI is InChI=1S/C21H23N3O/c1-15(24-11-13-25-14-12-24)17-7-9-18(10-8-17)21-19-5-3-4-6-20(19)22-16(2)23-21/h3-10,15H,11-14H2,1-2H3/t15-/m0/s1. The number of morpholine rings is 1. The molecule has 4 rings (SSSR count). The summed E-state index contributed by atoms with van der Waals surface area (Å²) in [6.45, 7) is 7.87. The summed E-state index contributed by atoms with van der Waals surface area (Å²) in [5.74, 6) is 0.805. The third-order valence-corrected chi connectivity index (χ3v) is 4.97. The maximum Gasteiger partial charge on any atom is 0.126 e. The van der Waals surface area contributed by atoms with Crippen molar-refractivity contribution in [1.29, 1.82) is 0 Å². The molecule has 1 saturated heterocycles. The molecule has 3 aromatic rings. The molecule has 4 nitrogen and oxygen atoms in total. The maximum atomic E-state index is 5.46. The second-order valence-electron chi connectivity index (χ2n) is 6.58. The Hall–Kier alpha value is -2.30. The molecule has 2 aromatic carbocycles. The first-order valence-corrected chi connectivity index (χ1v) is 8.88. The van der Waals surface area contributed by atoms with E-state index in [2.05, 4.69) is 47.1 Å². The minimum Gasteiger partial charge on any atom is -0.379 e. The Bertz CT molecular complexity index is 870. The molecule has 1 atom stereocenters. The molecule has 1 fully saturated rings. The Morgan fingerprint density at radius 2 is 1.68 bits per heavy atom. The molecule has 0 spiro atoms. The Balaban J connectivity index is 1.66. The quantitative estimate of drug-likeness (QED) is 0.726. The van der Waals surface area contributed by atoms with Gasteiger partial charge in [0.1, 0.15) is 5.82 Å². The molecule has 0 saturated carbocycles. The van der Waals surface area contributed by atoms with Crippen molar-refractivity contribution in [2.24, 2.45) is 0 Å². The monoisotopic (exact) mass is 333 g/mol. The zero-order chi connectivity index (χ0) is 17.2. The van der Waals surface area contributed by atoms with Gasteiger partial charge in [0, 0.05) is 30.1 Å². The van der Waals surface area contributed by atoms with E-state index < -0.39 is 0 Å². The fraction of sp³-hybridized carbons (Fsp3) is 0.333. The first kappa shape index (κ1) is 16.2. The summed E-state index contributed by atoms with van der Waals surface area (Å²) < 4.78 is 5.46. The van der Waals surface area contributed by atoms with Crippen LogP contribution >= 0.6 is 0 Å². The van der Waals surface area contributed by atoms with E-state index in [4.69, 9.17) is 9.72 Å². The smallest absolute Gasteiger partial charge is 0.126 e. The fourth-order valence-corrected chi connectivity index (χ4v) is 3.51. The van der Waals surface area contributed by atoms with Gasteiger partial charge in [0.15, 0.2) is 0 Å². The van der Waals surface area contributed by atoms with E-state index in [1.54, 1.807) is 0 Å². The first-order valence-electron chi connectivity index (χ1n) is 8.88. The molecule has 0 bridgehead atoms. The van der Waals surface area contributed by atoms with E-state index in [1.807, 2.05) is 25.1 Å². The summed E-state index contributed by atoms with van der Waals surface area (Å²) in [6.07, 6.45) is 0. The van der Waals surface area contributed by atoms with Crippen LogP contribution in [-0.2, 0) is 4.74 Å². The molecular formula is C21H23N3O. The lowest BCUT2D eigenvalue weighted by Gasteiger charge is -2.32. The number of nitrogens with zero attached hydrogens (tertiary/aromatic N) is 3. The Morgan fingerprint density at radius 3 is 2.44 bits per heavy atom. The second kappa shape index (κ2) is 6.90. The highest BCUT2D eigenvalue weighted by molar-refractivity contribution is 5.92. The number of ether oxygens (including phenoxy) is 1. The van der Waals surface area contributed by atoms with E-state index >= 15 is 0 Å². The topological polar surface area (TPSA) is 38.2 Å². The summed E-state index contributed by atoms with van der Waals surface area (Å²) in [5.41, 5.74) is 4.48. The normalized spacial score (nSPS) is 16.9. The number of rotatable bonds is 3. The molecule has 128 valence electrons. The number of aryl methyl sites for hydroxylation is 1. The van der Waals surface area contributed by atoms with Gasteiger partial charge in [0.25, 0.3) is 0 Å². The zero-order valence-corrected chi connectivity index (χ0v) is 14.8. The van der Waals surface area contributed by atoms with Crippen molar-refractivity contribution in [3.05, 3.63) is 59.9 Å². The van der Waals surface area contributed by atoms with Crippen LogP contribution in [0.5, 0.6) is 0 Å². The molecule has 1 aliphatic rings. The van der Waals surface area contributed by atoms with Crippen LogP contribution in [0.2, 0.25) is 0 Å². The number of benzene rings is 2. The van der Waals surface area contributed by atoms with Gasteiger partial charge in [-0.25, -0.2) is 9.97 Å². The van der Waals surface area contributed by atoms with E-state index in [0.717, 1.165) is 54.3 Å². The van der Waals surface area contributed by atoms with Gasteiger partial charge in [-0.05, 0) is 25.5 Å². The van der Waals surface area contributed by atoms with Gasteiger partial charge in [-0.2, -0.15) is 0 Å². The highest BCUT2D eigenvalue weighted by Crippen LogP contribution is 2.28. The van der Waals surface area contributed by atoms with Crippen molar-refractivity contribution in [2.45, 2.75) is 19.9 Å². The van der Waals surface area contributed by atoms with Gasteiger partial charge >= 0.3 is 0 Å². The van der Waals surface area contributed by atoms with Crippen molar-refractivity contribution in [1.82, 2.24) is 14.9 Å². The van der Waals surface area contributed by atoms with Crippen LogP contribution in [0.1, 0.15) is 24.4 Å². The number of hydrogen-bond acceptors (Lipinski definition) is 4. The van der Waals surface area contributed by atoms with Crippen molar-refractivity contribution < 1.29 is 4.74 Å². The van der Waals surface area contributed by atoms with Gasteiger partial charge in [0.05, 0.1) is 24.4 Å². The molecule has 0 aliphatic carbocycles. The van der Waals surface area contributed by atoms with Crippen LogP contribution in [0.4, 0.5) is 0 Å². The van der Waals surface area contributed by atoms with Crippen molar-refractivity contribution in [2.75, 3.05) is 26.3 Å². The molecular weight excluding hydrogens is 310 g/mol. The lowest BCUT2D eigenvalue weighted by molar-refractivity contribution is 0.0198. The van der Waals surface area contributed by atoms with Crippen LogP contribution in [-0.4, -0.2) is 41.2 Å². The van der Waals surface area contributed by atoms with E-state index in [9.17, 15) is 0 Å². The number of para-hydroxylation sites is 1. The lowest BCUT2D eigenvalue weighted by atomic mass is 10.0. The highest BCUT2D eigenvalue weighted by atomic mass is 16.5. The van der Waals surface area contributed by atoms with Gasteiger partial charge in [-0.15, -0.1) is 0 Å². The molecule has 1 aromatic heterocycles. The second-order valence-corrected chi connectivity index (χ2v) is 6.58. The molecule has 0 unspecified atom stereocenters. The van der Waals surface area contributed by atoms with Gasteiger partial charge in [-0.3, -0.25) is 4.90 Å². The minimum atomic E-state index is 0.404. The van der Waals surface area contributed by atoms with Crippen molar-refractivity contribution in [3.63, 3.8) is 0 Å². The summed E-state index contributed by atoms with van der Waals surface area (Å²) in [6, 6.07) is 17.4. The van der Waals surface area contributed by atoms with Gasteiger partial charge in [-0.1, -0.05) is 42.5 Å². The molecule has 2 heterocycles. The Kier molecular flexibility index (Phi) is 4.47. The largest absolute Gasteiger partial charge is 0.379 e. The fourth-order valence-electron chi connectivity index (χ4n) is 3.51. The number of fused-ring (bicyclic) bond motifs is 1. The Labute approximate surface area is 148 Å². The highest BCUT2D eigenvalue weighted by Gasteiger charge is 2.18. The van der Waals surface area contributed by atoms with Gasteiger partial charge < -0.3 is 4.74 Å². The molecule has 25 heavy (non-hydrogen) atoms. The SMILES string of the molecule is Cc1nc(-c2ccc([C@H](C)N3CCOCC3)cc2)c2ccccc2n1. The predicted molar refractivity (Wildman–Crippen MR) is 101 cm³/mol. The zero-order valence-electron chi connectivity index (χ0n) is 14.8. The van der Waals surface area contributed by atoms with Crippen LogP contribution < -0.4 is 0 Å². The predicted octanol–water partition coefficient (Wildman–Crippen LogP) is 4.00. The van der Waals surface area contributed by atoms with E-state index in [-0.39, 0.29) is 0 Å². The molecule has 0 amide bonds. The van der Waals surface area contributed by atoms with E-state index in [1.165, 1.54) is 5.56 Å². The maximum absolute atomic E-state index is 5.46. The summed E-state index contributed by atoms with van der Waals surface area (Å²) in [4.78, 5) is 11.7.